The van der Waals surface area contributed by atoms with E-state index >= 15 is 0 Å². The molecular weight excluding hydrogens is 323 g/mol. The summed E-state index contributed by atoms with van der Waals surface area (Å²) in [5.74, 6) is -1.23. The summed E-state index contributed by atoms with van der Waals surface area (Å²) in [6.07, 6.45) is -4.47. The van der Waals surface area contributed by atoms with Gasteiger partial charge < -0.3 is 16.0 Å². The van der Waals surface area contributed by atoms with E-state index in [1.165, 1.54) is 18.2 Å². The van der Waals surface area contributed by atoms with Crippen molar-refractivity contribution in [3.63, 3.8) is 0 Å². The number of anilines is 1. The van der Waals surface area contributed by atoms with Gasteiger partial charge in [-0.15, -0.1) is 0 Å². The lowest BCUT2D eigenvalue weighted by molar-refractivity contribution is -0.137. The molecule has 1 aromatic rings. The van der Waals surface area contributed by atoms with Gasteiger partial charge in [0.25, 0.3) is 5.91 Å². The minimum Gasteiger partial charge on any atom is -0.375 e. The fourth-order valence-corrected chi connectivity index (χ4v) is 1.73. The van der Waals surface area contributed by atoms with Crippen LogP contribution in [0.5, 0.6) is 0 Å². The second kappa shape index (κ2) is 7.88. The Morgan fingerprint density at radius 2 is 1.91 bits per heavy atom. The monoisotopic (exact) mass is 337 g/mol. The van der Waals surface area contributed by atoms with Crippen LogP contribution in [0.2, 0.25) is 5.02 Å². The Morgan fingerprint density at radius 3 is 2.50 bits per heavy atom. The van der Waals surface area contributed by atoms with E-state index in [1.807, 2.05) is 0 Å². The van der Waals surface area contributed by atoms with Crippen LogP contribution in [0.25, 0.3) is 0 Å². The molecule has 1 rings (SSSR count). The zero-order valence-electron chi connectivity index (χ0n) is 11.7. The average Bonchev–Trinajstić information content (AvgIpc) is 2.42. The lowest BCUT2D eigenvalue weighted by atomic mass is 10.1. The molecule has 0 aromatic heterocycles. The van der Waals surface area contributed by atoms with Crippen LogP contribution in [0.3, 0.4) is 0 Å². The van der Waals surface area contributed by atoms with Crippen molar-refractivity contribution in [2.24, 2.45) is 0 Å². The third-order valence-electron chi connectivity index (χ3n) is 2.49. The molecule has 0 saturated heterocycles. The molecule has 3 N–H and O–H groups in total. The van der Waals surface area contributed by atoms with Crippen LogP contribution in [0.15, 0.2) is 18.2 Å². The normalized spacial score (nSPS) is 11.0. The molecule has 0 bridgehead atoms. The third-order valence-corrected chi connectivity index (χ3v) is 2.72. The molecule has 0 atom stereocenters. The molecule has 0 heterocycles. The Morgan fingerprint density at radius 1 is 1.23 bits per heavy atom. The molecular formula is C13H15ClF3N3O2. The molecule has 22 heavy (non-hydrogen) atoms. The summed E-state index contributed by atoms with van der Waals surface area (Å²) < 4.78 is 35.9. The smallest absolute Gasteiger partial charge is 0.375 e. The van der Waals surface area contributed by atoms with Gasteiger partial charge in [0.1, 0.15) is 6.54 Å². The summed E-state index contributed by atoms with van der Waals surface area (Å²) in [7, 11) is 0. The van der Waals surface area contributed by atoms with Gasteiger partial charge in [-0.3, -0.25) is 9.59 Å². The predicted octanol–water partition coefficient (Wildman–Crippen LogP) is 2.18. The Labute approximate surface area is 130 Å². The van der Waals surface area contributed by atoms with Crippen molar-refractivity contribution in [1.82, 2.24) is 10.6 Å². The fourth-order valence-electron chi connectivity index (χ4n) is 1.55. The summed E-state index contributed by atoms with van der Waals surface area (Å²) in [5, 5.41) is 7.23. The standard InChI is InChI=1S/C13H15ClF3N3O2/c1-2-18-12(22)9-4-3-8(14)5-10(9)19-6-11(21)20-7-13(15,16)17/h3-5,19H,2,6-7H2,1H3,(H,18,22)(H,20,21). The second-order valence-corrected chi connectivity index (χ2v) is 4.73. The summed E-state index contributed by atoms with van der Waals surface area (Å²) in [6, 6.07) is 4.38. The van der Waals surface area contributed by atoms with Gasteiger partial charge in [-0.2, -0.15) is 13.2 Å². The quantitative estimate of drug-likeness (QED) is 0.745. The number of amides is 2. The molecule has 0 aliphatic carbocycles. The molecule has 0 fully saturated rings. The first kappa shape index (κ1) is 18.1. The molecule has 0 aliphatic rings. The zero-order valence-corrected chi connectivity index (χ0v) is 12.4. The number of nitrogens with one attached hydrogen (secondary N) is 3. The topological polar surface area (TPSA) is 70.2 Å². The molecule has 0 spiro atoms. The number of rotatable bonds is 6. The van der Waals surface area contributed by atoms with E-state index in [0.29, 0.717) is 11.6 Å². The number of hydrogen-bond acceptors (Lipinski definition) is 3. The van der Waals surface area contributed by atoms with Crippen LogP contribution in [0.4, 0.5) is 18.9 Å². The first-order valence-electron chi connectivity index (χ1n) is 6.38. The first-order chi connectivity index (χ1) is 10.2. The van der Waals surface area contributed by atoms with E-state index in [0.717, 1.165) is 0 Å². The molecule has 0 unspecified atom stereocenters. The number of carbonyl (C=O) groups is 2. The van der Waals surface area contributed by atoms with Crippen LogP contribution < -0.4 is 16.0 Å². The number of carbonyl (C=O) groups excluding carboxylic acids is 2. The molecule has 5 nitrogen and oxygen atoms in total. The Hall–Kier alpha value is -1.96. The van der Waals surface area contributed by atoms with Crippen molar-refractivity contribution in [1.29, 1.82) is 0 Å². The summed E-state index contributed by atoms with van der Waals surface area (Å²) in [5.41, 5.74) is 0.510. The van der Waals surface area contributed by atoms with E-state index in [-0.39, 0.29) is 17.2 Å². The summed E-state index contributed by atoms with van der Waals surface area (Å²) >= 11 is 5.81. The average molecular weight is 338 g/mol. The summed E-state index contributed by atoms with van der Waals surface area (Å²) in [4.78, 5) is 23.2. The number of hydrogen-bond donors (Lipinski definition) is 3. The van der Waals surface area contributed by atoms with Gasteiger partial charge in [-0.1, -0.05) is 11.6 Å². The van der Waals surface area contributed by atoms with Crippen molar-refractivity contribution in [2.75, 3.05) is 25.0 Å². The highest BCUT2D eigenvalue weighted by Gasteiger charge is 2.27. The van der Waals surface area contributed by atoms with Crippen molar-refractivity contribution in [2.45, 2.75) is 13.1 Å². The molecule has 2 amide bonds. The van der Waals surface area contributed by atoms with Crippen molar-refractivity contribution in [3.8, 4) is 0 Å². The maximum absolute atomic E-state index is 12.0. The molecule has 0 aliphatic heterocycles. The molecule has 0 radical (unpaired) electrons. The highest BCUT2D eigenvalue weighted by molar-refractivity contribution is 6.31. The molecule has 0 saturated carbocycles. The van der Waals surface area contributed by atoms with Crippen molar-refractivity contribution >= 4 is 29.1 Å². The van der Waals surface area contributed by atoms with E-state index in [1.54, 1.807) is 12.2 Å². The Bertz CT molecular complexity index is 550. The minimum atomic E-state index is -4.47. The van der Waals surface area contributed by atoms with Gasteiger partial charge in [0.05, 0.1) is 12.1 Å². The van der Waals surface area contributed by atoms with Gasteiger partial charge in [-0.25, -0.2) is 0 Å². The fraction of sp³-hybridized carbons (Fsp3) is 0.385. The number of halogens is 4. The van der Waals surface area contributed by atoms with Gasteiger partial charge >= 0.3 is 6.18 Å². The van der Waals surface area contributed by atoms with E-state index < -0.39 is 25.2 Å². The molecule has 9 heteroatoms. The predicted molar refractivity (Wildman–Crippen MR) is 77.0 cm³/mol. The third kappa shape index (κ3) is 6.21. The number of benzene rings is 1. The molecule has 1 aromatic carbocycles. The molecule has 122 valence electrons. The highest BCUT2D eigenvalue weighted by Crippen LogP contribution is 2.21. The van der Waals surface area contributed by atoms with E-state index in [9.17, 15) is 22.8 Å². The maximum atomic E-state index is 12.0. The van der Waals surface area contributed by atoms with Gasteiger partial charge in [0.2, 0.25) is 5.91 Å². The van der Waals surface area contributed by atoms with Gasteiger partial charge in [0.15, 0.2) is 0 Å². The van der Waals surface area contributed by atoms with Crippen LogP contribution in [0, 0.1) is 0 Å². The number of alkyl halides is 3. The van der Waals surface area contributed by atoms with Crippen LogP contribution in [-0.4, -0.2) is 37.6 Å². The van der Waals surface area contributed by atoms with E-state index in [2.05, 4.69) is 10.6 Å². The first-order valence-corrected chi connectivity index (χ1v) is 6.76. The lowest BCUT2D eigenvalue weighted by Crippen LogP contribution is -2.37. The lowest BCUT2D eigenvalue weighted by Gasteiger charge is -2.13. The van der Waals surface area contributed by atoms with Gasteiger partial charge in [-0.05, 0) is 25.1 Å². The maximum Gasteiger partial charge on any atom is 0.405 e. The van der Waals surface area contributed by atoms with Crippen LogP contribution in [0.1, 0.15) is 17.3 Å². The van der Waals surface area contributed by atoms with Crippen LogP contribution >= 0.6 is 11.6 Å². The zero-order chi connectivity index (χ0) is 16.8. The minimum absolute atomic E-state index is 0.245. The van der Waals surface area contributed by atoms with Crippen molar-refractivity contribution < 1.29 is 22.8 Å². The Kier molecular flexibility index (Phi) is 6.48. The van der Waals surface area contributed by atoms with Crippen molar-refractivity contribution in [3.05, 3.63) is 28.8 Å². The van der Waals surface area contributed by atoms with Crippen LogP contribution in [-0.2, 0) is 4.79 Å². The second-order valence-electron chi connectivity index (χ2n) is 4.29. The van der Waals surface area contributed by atoms with Gasteiger partial charge in [0, 0.05) is 17.3 Å². The van der Waals surface area contributed by atoms with E-state index in [4.69, 9.17) is 11.6 Å². The largest absolute Gasteiger partial charge is 0.405 e. The SMILES string of the molecule is CCNC(=O)c1ccc(Cl)cc1NCC(=O)NCC(F)(F)F. The highest BCUT2D eigenvalue weighted by atomic mass is 35.5. The summed E-state index contributed by atoms with van der Waals surface area (Å²) in [6.45, 7) is 0.327. The Balaban J connectivity index is 2.70.